The molecule has 0 aromatic heterocycles. The molecule has 1 heterocycles. The minimum absolute atomic E-state index is 0.140. The highest BCUT2D eigenvalue weighted by Crippen LogP contribution is 2.34. The van der Waals surface area contributed by atoms with Crippen molar-refractivity contribution in [2.75, 3.05) is 19.8 Å². The van der Waals surface area contributed by atoms with E-state index in [2.05, 4.69) is 17.2 Å². The Morgan fingerprint density at radius 3 is 2.74 bits per heavy atom. The summed E-state index contributed by atoms with van der Waals surface area (Å²) in [6.07, 6.45) is 2.43. The quantitative estimate of drug-likeness (QED) is 0.380. The number of allylic oxidation sites excluding steroid dienone is 1. The second-order valence-electron chi connectivity index (χ2n) is 5.94. The SMILES string of the molecule is C=CCOC(=O)C1=C(C)NC(=S)NC1c1ccc(OCCC)c(OCC)c1. The summed E-state index contributed by atoms with van der Waals surface area (Å²) < 4.78 is 16.7. The Morgan fingerprint density at radius 1 is 1.30 bits per heavy atom. The Bertz CT molecular complexity index is 745. The predicted molar refractivity (Wildman–Crippen MR) is 109 cm³/mol. The van der Waals surface area contributed by atoms with Crippen LogP contribution in [-0.4, -0.2) is 30.9 Å². The minimum Gasteiger partial charge on any atom is -0.490 e. The van der Waals surface area contributed by atoms with Crippen molar-refractivity contribution in [3.8, 4) is 11.5 Å². The number of nitrogens with one attached hydrogen (secondary N) is 2. The average molecular weight is 391 g/mol. The number of benzene rings is 1. The van der Waals surface area contributed by atoms with Gasteiger partial charge in [-0.25, -0.2) is 4.79 Å². The van der Waals surface area contributed by atoms with E-state index in [9.17, 15) is 4.79 Å². The van der Waals surface area contributed by atoms with Gasteiger partial charge in [0.05, 0.1) is 24.8 Å². The first-order valence-corrected chi connectivity index (χ1v) is 9.38. The molecule has 2 N–H and O–H groups in total. The topological polar surface area (TPSA) is 68.8 Å². The molecule has 6 nitrogen and oxygen atoms in total. The van der Waals surface area contributed by atoms with Crippen molar-refractivity contribution in [3.63, 3.8) is 0 Å². The van der Waals surface area contributed by atoms with Gasteiger partial charge in [0.15, 0.2) is 16.6 Å². The first-order chi connectivity index (χ1) is 13.0. The molecular weight excluding hydrogens is 364 g/mol. The van der Waals surface area contributed by atoms with E-state index in [1.165, 1.54) is 6.08 Å². The lowest BCUT2D eigenvalue weighted by Crippen LogP contribution is -2.45. The molecule has 27 heavy (non-hydrogen) atoms. The summed E-state index contributed by atoms with van der Waals surface area (Å²) in [5, 5.41) is 6.57. The monoisotopic (exact) mass is 390 g/mol. The molecule has 1 atom stereocenters. The summed E-state index contributed by atoms with van der Waals surface area (Å²) in [6, 6.07) is 5.17. The fourth-order valence-corrected chi connectivity index (χ4v) is 3.00. The highest BCUT2D eigenvalue weighted by molar-refractivity contribution is 7.80. The summed E-state index contributed by atoms with van der Waals surface area (Å²) in [5.41, 5.74) is 1.95. The molecule has 0 saturated carbocycles. The van der Waals surface area contributed by atoms with Crippen LogP contribution in [0.15, 0.2) is 42.1 Å². The summed E-state index contributed by atoms with van der Waals surface area (Å²) in [6.45, 7) is 10.6. The maximum atomic E-state index is 12.6. The van der Waals surface area contributed by atoms with E-state index in [1.54, 1.807) is 6.92 Å². The van der Waals surface area contributed by atoms with Gasteiger partial charge in [-0.2, -0.15) is 0 Å². The van der Waals surface area contributed by atoms with Crippen LogP contribution in [0.2, 0.25) is 0 Å². The normalized spacial score (nSPS) is 16.3. The van der Waals surface area contributed by atoms with Gasteiger partial charge in [-0.3, -0.25) is 0 Å². The van der Waals surface area contributed by atoms with Crippen LogP contribution in [0.4, 0.5) is 0 Å². The van der Waals surface area contributed by atoms with Gasteiger partial charge in [0.25, 0.3) is 0 Å². The van der Waals surface area contributed by atoms with E-state index >= 15 is 0 Å². The zero-order valence-electron chi connectivity index (χ0n) is 16.0. The molecule has 0 radical (unpaired) electrons. The first kappa shape index (κ1) is 20.8. The third-order valence-electron chi connectivity index (χ3n) is 3.88. The van der Waals surface area contributed by atoms with Crippen molar-refractivity contribution in [2.24, 2.45) is 0 Å². The highest BCUT2D eigenvalue weighted by atomic mass is 32.1. The maximum Gasteiger partial charge on any atom is 0.338 e. The summed E-state index contributed by atoms with van der Waals surface area (Å²) in [4.78, 5) is 12.6. The van der Waals surface area contributed by atoms with Gasteiger partial charge in [0.1, 0.15) is 6.61 Å². The zero-order chi connectivity index (χ0) is 19.8. The van der Waals surface area contributed by atoms with Crippen LogP contribution < -0.4 is 20.1 Å². The molecule has 0 saturated heterocycles. The number of hydrogen-bond acceptors (Lipinski definition) is 5. The molecule has 0 aliphatic carbocycles. The van der Waals surface area contributed by atoms with Crippen LogP contribution in [0.1, 0.15) is 38.8 Å². The number of thiocarbonyl (C=S) groups is 1. The Hall–Kier alpha value is -2.54. The maximum absolute atomic E-state index is 12.6. The second kappa shape index (κ2) is 9.97. The van der Waals surface area contributed by atoms with Crippen molar-refractivity contribution < 1.29 is 19.0 Å². The fraction of sp³-hybridized carbons (Fsp3) is 0.400. The molecular formula is C20H26N2O4S. The van der Waals surface area contributed by atoms with Crippen LogP contribution in [0, 0.1) is 0 Å². The van der Waals surface area contributed by atoms with E-state index in [0.29, 0.717) is 41.1 Å². The van der Waals surface area contributed by atoms with E-state index < -0.39 is 12.0 Å². The van der Waals surface area contributed by atoms with Gasteiger partial charge >= 0.3 is 5.97 Å². The van der Waals surface area contributed by atoms with Crippen molar-refractivity contribution in [3.05, 3.63) is 47.7 Å². The molecule has 0 amide bonds. The number of carbonyl (C=O) groups excluding carboxylic acids is 1. The molecule has 146 valence electrons. The van der Waals surface area contributed by atoms with Crippen molar-refractivity contribution in [1.29, 1.82) is 0 Å². The largest absolute Gasteiger partial charge is 0.490 e. The fourth-order valence-electron chi connectivity index (χ4n) is 2.73. The van der Waals surface area contributed by atoms with Gasteiger partial charge in [0, 0.05) is 5.70 Å². The Labute approximate surface area is 165 Å². The Balaban J connectivity index is 2.41. The van der Waals surface area contributed by atoms with Crippen molar-refractivity contribution in [2.45, 2.75) is 33.2 Å². The number of ether oxygens (including phenoxy) is 3. The first-order valence-electron chi connectivity index (χ1n) is 8.97. The smallest absolute Gasteiger partial charge is 0.338 e. The molecule has 1 aromatic rings. The summed E-state index contributed by atoms with van der Waals surface area (Å²) in [7, 11) is 0. The van der Waals surface area contributed by atoms with E-state index in [0.717, 1.165) is 12.0 Å². The standard InChI is InChI=1S/C20H26N2O4S/c1-5-10-25-15-9-8-14(12-16(15)24-7-3)18-17(19(23)26-11-6-2)13(4)21-20(27)22-18/h6,8-9,12,18H,2,5,7,10-11H2,1,3-4H3,(H2,21,22,27). The zero-order valence-corrected chi connectivity index (χ0v) is 16.8. The van der Waals surface area contributed by atoms with E-state index in [1.807, 2.05) is 32.0 Å². The third-order valence-corrected chi connectivity index (χ3v) is 4.10. The van der Waals surface area contributed by atoms with Gasteiger partial charge in [-0.15, -0.1) is 0 Å². The molecule has 1 aliphatic heterocycles. The van der Waals surface area contributed by atoms with E-state index in [-0.39, 0.29) is 6.61 Å². The minimum atomic E-state index is -0.449. The number of rotatable bonds is 9. The number of esters is 1. The Kier molecular flexibility index (Phi) is 7.67. The average Bonchev–Trinajstić information content (AvgIpc) is 2.64. The highest BCUT2D eigenvalue weighted by Gasteiger charge is 2.31. The van der Waals surface area contributed by atoms with Gasteiger partial charge < -0.3 is 24.8 Å². The summed E-state index contributed by atoms with van der Waals surface area (Å²) >= 11 is 5.27. The third kappa shape index (κ3) is 5.23. The predicted octanol–water partition coefficient (Wildman–Crippen LogP) is 3.40. The van der Waals surface area contributed by atoms with Crippen LogP contribution in [0.3, 0.4) is 0 Å². The lowest BCUT2D eigenvalue weighted by atomic mass is 9.95. The molecule has 1 aliphatic rings. The Morgan fingerprint density at radius 2 is 2.07 bits per heavy atom. The van der Waals surface area contributed by atoms with Gasteiger partial charge in [-0.05, 0) is 50.2 Å². The molecule has 0 fully saturated rings. The lowest BCUT2D eigenvalue weighted by molar-refractivity contribution is -0.138. The number of hydrogen-bond donors (Lipinski definition) is 2. The molecule has 0 spiro atoms. The molecule has 1 aromatic carbocycles. The summed E-state index contributed by atoms with van der Waals surface area (Å²) in [5.74, 6) is 0.880. The van der Waals surface area contributed by atoms with Crippen LogP contribution in [0.25, 0.3) is 0 Å². The second-order valence-corrected chi connectivity index (χ2v) is 6.35. The van der Waals surface area contributed by atoms with Gasteiger partial charge in [-0.1, -0.05) is 25.6 Å². The molecule has 2 rings (SSSR count). The molecule has 0 bridgehead atoms. The van der Waals surface area contributed by atoms with Crippen molar-refractivity contribution >= 4 is 23.3 Å². The van der Waals surface area contributed by atoms with E-state index in [4.69, 9.17) is 26.4 Å². The van der Waals surface area contributed by atoms with Crippen LogP contribution in [0.5, 0.6) is 11.5 Å². The lowest BCUT2D eigenvalue weighted by Gasteiger charge is -2.30. The molecule has 1 unspecified atom stereocenters. The van der Waals surface area contributed by atoms with Crippen LogP contribution in [-0.2, 0) is 9.53 Å². The molecule has 7 heteroatoms. The van der Waals surface area contributed by atoms with Crippen LogP contribution >= 0.6 is 12.2 Å². The van der Waals surface area contributed by atoms with Gasteiger partial charge in [0.2, 0.25) is 0 Å². The number of carbonyl (C=O) groups is 1. The van der Waals surface area contributed by atoms with Crippen molar-refractivity contribution in [1.82, 2.24) is 10.6 Å².